The molecule has 0 aliphatic heterocycles. The highest BCUT2D eigenvalue weighted by atomic mass is 32.1. The maximum absolute atomic E-state index is 12.4. The van der Waals surface area contributed by atoms with Crippen LogP contribution in [0.2, 0.25) is 0 Å². The number of aliphatic carboxylic acids is 2. The molecule has 0 spiro atoms. The van der Waals surface area contributed by atoms with Crippen molar-refractivity contribution in [3.63, 3.8) is 0 Å². The van der Waals surface area contributed by atoms with E-state index in [4.69, 9.17) is 15.9 Å². The van der Waals surface area contributed by atoms with Gasteiger partial charge in [-0.1, -0.05) is 30.3 Å². The van der Waals surface area contributed by atoms with Crippen LogP contribution in [0.1, 0.15) is 25.3 Å². The van der Waals surface area contributed by atoms with Crippen LogP contribution in [0.5, 0.6) is 0 Å². The Morgan fingerprint density at radius 3 is 2.06 bits per heavy atom. The summed E-state index contributed by atoms with van der Waals surface area (Å²) in [6.07, 6.45) is -0.507. The molecule has 0 fully saturated rings. The summed E-state index contributed by atoms with van der Waals surface area (Å²) in [5, 5.41) is 24.9. The van der Waals surface area contributed by atoms with Crippen LogP contribution in [0.3, 0.4) is 0 Å². The molecule has 32 heavy (non-hydrogen) atoms. The maximum atomic E-state index is 12.4. The van der Waals surface area contributed by atoms with Crippen molar-refractivity contribution in [3.05, 3.63) is 35.9 Å². The molecule has 0 saturated carbocycles. The van der Waals surface area contributed by atoms with E-state index in [-0.39, 0.29) is 18.6 Å². The lowest BCUT2D eigenvalue weighted by Crippen LogP contribution is -2.57. The molecule has 0 heterocycles. The molecule has 176 valence electrons. The zero-order valence-corrected chi connectivity index (χ0v) is 18.4. The number of carbonyl (C=O) groups excluding carboxylic acids is 3. The largest absolute Gasteiger partial charge is 0.481 e. The van der Waals surface area contributed by atoms with Crippen molar-refractivity contribution >= 4 is 42.3 Å². The first-order chi connectivity index (χ1) is 15.0. The summed E-state index contributed by atoms with van der Waals surface area (Å²) in [5.74, 6) is -4.86. The molecule has 7 N–H and O–H groups in total. The molecular weight excluding hydrogens is 440 g/mol. The first-order valence-corrected chi connectivity index (χ1v) is 10.4. The van der Waals surface area contributed by atoms with Crippen LogP contribution in [0.15, 0.2) is 30.3 Å². The number of nitrogens with two attached hydrogens (primary N) is 1. The van der Waals surface area contributed by atoms with Crippen molar-refractivity contribution in [2.24, 2.45) is 5.73 Å². The number of rotatable bonds is 13. The third-order valence-electron chi connectivity index (χ3n) is 4.46. The molecule has 3 amide bonds. The van der Waals surface area contributed by atoms with E-state index < -0.39 is 60.2 Å². The molecule has 12 heteroatoms. The molecular formula is C20H28N4O7S. The Labute approximate surface area is 190 Å². The van der Waals surface area contributed by atoms with E-state index >= 15 is 0 Å². The van der Waals surface area contributed by atoms with Gasteiger partial charge in [-0.25, -0.2) is 4.79 Å². The number of carboxylic acid groups (broad SMARTS) is 2. The number of nitrogens with one attached hydrogen (secondary N) is 3. The lowest BCUT2D eigenvalue weighted by molar-refractivity contribution is -0.143. The Hall–Kier alpha value is -3.12. The molecule has 0 aromatic heterocycles. The second kappa shape index (κ2) is 13.3. The van der Waals surface area contributed by atoms with Gasteiger partial charge in [-0.2, -0.15) is 12.6 Å². The molecule has 4 unspecified atom stereocenters. The standard InChI is InChI=1S/C20H28N4O7S/c1-11(22-18(28)13(21)9-12-5-3-2-4-6-12)17(27)24-15(10-32)19(29)23-14(20(30)31)7-8-16(25)26/h2-6,11,13-15,32H,7-10,21H2,1H3,(H,22,28)(H,23,29)(H,24,27)(H,25,26)(H,30,31). The van der Waals surface area contributed by atoms with Crippen LogP contribution in [0.4, 0.5) is 0 Å². The summed E-state index contributed by atoms with van der Waals surface area (Å²) < 4.78 is 0. The summed E-state index contributed by atoms with van der Waals surface area (Å²) >= 11 is 3.99. The molecule has 1 rings (SSSR count). The maximum Gasteiger partial charge on any atom is 0.326 e. The Kier molecular flexibility index (Phi) is 11.2. The quantitative estimate of drug-likeness (QED) is 0.178. The molecule has 1 aromatic rings. The van der Waals surface area contributed by atoms with Gasteiger partial charge in [0.2, 0.25) is 17.7 Å². The van der Waals surface area contributed by atoms with Gasteiger partial charge in [-0.15, -0.1) is 0 Å². The fourth-order valence-electron chi connectivity index (χ4n) is 2.64. The predicted octanol–water partition coefficient (Wildman–Crippen LogP) is -1.09. The first-order valence-electron chi connectivity index (χ1n) is 9.81. The van der Waals surface area contributed by atoms with E-state index in [1.165, 1.54) is 6.92 Å². The number of hydrogen-bond acceptors (Lipinski definition) is 7. The lowest BCUT2D eigenvalue weighted by atomic mass is 10.1. The highest BCUT2D eigenvalue weighted by Crippen LogP contribution is 2.03. The van der Waals surface area contributed by atoms with Gasteiger partial charge in [0.05, 0.1) is 6.04 Å². The van der Waals surface area contributed by atoms with Gasteiger partial charge in [0.15, 0.2) is 0 Å². The zero-order chi connectivity index (χ0) is 24.3. The molecule has 11 nitrogen and oxygen atoms in total. The monoisotopic (exact) mass is 468 g/mol. The van der Waals surface area contributed by atoms with Crippen LogP contribution < -0.4 is 21.7 Å². The molecule has 0 radical (unpaired) electrons. The van der Waals surface area contributed by atoms with Crippen molar-refractivity contribution in [2.45, 2.75) is 50.4 Å². The Morgan fingerprint density at radius 1 is 0.938 bits per heavy atom. The fourth-order valence-corrected chi connectivity index (χ4v) is 2.89. The highest BCUT2D eigenvalue weighted by molar-refractivity contribution is 7.80. The summed E-state index contributed by atoms with van der Waals surface area (Å²) in [7, 11) is 0. The minimum atomic E-state index is -1.44. The van der Waals surface area contributed by atoms with E-state index in [1.54, 1.807) is 0 Å². The topological polar surface area (TPSA) is 188 Å². The Balaban J connectivity index is 2.62. The van der Waals surface area contributed by atoms with E-state index in [1.807, 2.05) is 30.3 Å². The van der Waals surface area contributed by atoms with E-state index in [0.717, 1.165) is 5.56 Å². The van der Waals surface area contributed by atoms with Crippen LogP contribution in [-0.4, -0.2) is 69.8 Å². The SMILES string of the molecule is CC(NC(=O)C(N)Cc1ccccc1)C(=O)NC(CS)C(=O)NC(CCC(=O)O)C(=O)O. The fraction of sp³-hybridized carbons (Fsp3) is 0.450. The van der Waals surface area contributed by atoms with E-state index in [2.05, 4.69) is 28.6 Å². The minimum absolute atomic E-state index is 0.156. The first kappa shape index (κ1) is 26.9. The Bertz CT molecular complexity index is 821. The summed E-state index contributed by atoms with van der Waals surface area (Å²) in [4.78, 5) is 58.9. The van der Waals surface area contributed by atoms with E-state index in [0.29, 0.717) is 0 Å². The van der Waals surface area contributed by atoms with Gasteiger partial charge >= 0.3 is 11.9 Å². The van der Waals surface area contributed by atoms with Crippen LogP contribution in [0, 0.1) is 0 Å². The molecule has 0 aliphatic carbocycles. The number of amides is 3. The predicted molar refractivity (Wildman–Crippen MR) is 118 cm³/mol. The van der Waals surface area contributed by atoms with Crippen molar-refractivity contribution < 1.29 is 34.2 Å². The molecule has 0 bridgehead atoms. The summed E-state index contributed by atoms with van der Waals surface area (Å²) in [5.41, 5.74) is 6.75. The minimum Gasteiger partial charge on any atom is -0.481 e. The molecule has 0 aliphatic rings. The third kappa shape index (κ3) is 9.35. The average molecular weight is 469 g/mol. The second-order valence-electron chi connectivity index (χ2n) is 7.10. The number of carbonyl (C=O) groups is 5. The zero-order valence-electron chi connectivity index (χ0n) is 17.5. The average Bonchev–Trinajstić information content (AvgIpc) is 2.74. The number of hydrogen-bond donors (Lipinski definition) is 7. The van der Waals surface area contributed by atoms with Crippen molar-refractivity contribution in [1.29, 1.82) is 0 Å². The molecule has 4 atom stereocenters. The van der Waals surface area contributed by atoms with Crippen LogP contribution in [-0.2, 0) is 30.4 Å². The normalized spacial score (nSPS) is 14.3. The van der Waals surface area contributed by atoms with Crippen molar-refractivity contribution in [3.8, 4) is 0 Å². The van der Waals surface area contributed by atoms with Gasteiger partial charge in [-0.3, -0.25) is 19.2 Å². The van der Waals surface area contributed by atoms with Gasteiger partial charge in [0.1, 0.15) is 18.1 Å². The van der Waals surface area contributed by atoms with Crippen molar-refractivity contribution in [1.82, 2.24) is 16.0 Å². The number of thiol groups is 1. The Morgan fingerprint density at radius 2 is 1.53 bits per heavy atom. The number of benzene rings is 1. The highest BCUT2D eigenvalue weighted by Gasteiger charge is 2.28. The summed E-state index contributed by atoms with van der Waals surface area (Å²) in [6.45, 7) is 1.41. The van der Waals surface area contributed by atoms with E-state index in [9.17, 15) is 24.0 Å². The van der Waals surface area contributed by atoms with Gasteiger partial charge in [0, 0.05) is 12.2 Å². The van der Waals surface area contributed by atoms with Crippen LogP contribution in [0.25, 0.3) is 0 Å². The van der Waals surface area contributed by atoms with Crippen molar-refractivity contribution in [2.75, 3.05) is 5.75 Å². The molecule has 0 saturated heterocycles. The summed E-state index contributed by atoms with van der Waals surface area (Å²) in [6, 6.07) is 4.55. The third-order valence-corrected chi connectivity index (χ3v) is 4.83. The lowest BCUT2D eigenvalue weighted by Gasteiger charge is -2.22. The second-order valence-corrected chi connectivity index (χ2v) is 7.47. The molecule has 1 aromatic carbocycles. The smallest absolute Gasteiger partial charge is 0.326 e. The van der Waals surface area contributed by atoms with Gasteiger partial charge in [0.25, 0.3) is 0 Å². The van der Waals surface area contributed by atoms with Gasteiger partial charge in [-0.05, 0) is 25.3 Å². The van der Waals surface area contributed by atoms with Crippen LogP contribution >= 0.6 is 12.6 Å². The van der Waals surface area contributed by atoms with Gasteiger partial charge < -0.3 is 31.9 Å². The number of carboxylic acids is 2.